The van der Waals surface area contributed by atoms with Gasteiger partial charge in [0.25, 0.3) is 0 Å². The van der Waals surface area contributed by atoms with Crippen LogP contribution in [0.4, 0.5) is 0 Å². The number of hydrogen-bond donors (Lipinski definition) is 1. The minimum atomic E-state index is -4.44. The second-order valence-corrected chi connectivity index (χ2v) is 16.0. The normalized spacial score (nSPS) is 13.3. The number of unbranched alkanes of at least 4 members (excludes halogenated alkanes) is 14. The van der Waals surface area contributed by atoms with E-state index in [2.05, 4.69) is 13.8 Å². The van der Waals surface area contributed by atoms with Gasteiger partial charge in [-0.1, -0.05) is 90.9 Å². The van der Waals surface area contributed by atoms with Gasteiger partial charge in [-0.05, 0) is 38.5 Å². The van der Waals surface area contributed by atoms with Gasteiger partial charge in [0.2, 0.25) is 0 Å². The Bertz CT molecular complexity index is 988. The van der Waals surface area contributed by atoms with Crippen molar-refractivity contribution < 1.29 is 61.1 Å². The zero-order chi connectivity index (χ0) is 38.9. The van der Waals surface area contributed by atoms with E-state index in [0.717, 1.165) is 57.8 Å². The van der Waals surface area contributed by atoms with Gasteiger partial charge in [-0.3, -0.25) is 28.2 Å². The topological polar surface area (TPSA) is 161 Å². The van der Waals surface area contributed by atoms with Gasteiger partial charge in [0.05, 0.1) is 41.0 Å². The second-order valence-electron chi connectivity index (χ2n) is 14.5. The SMILES string of the molecule is CCCCCCCOC(=O)CCCCCCC(=O)OCC(COP(=O)(O)OCC[N+](C)(C)C)OC(=O)CCCCCCC(=O)OCCCCCCC. The Kier molecular flexibility index (Phi) is 31.1. The summed E-state index contributed by atoms with van der Waals surface area (Å²) in [6, 6.07) is 0. The van der Waals surface area contributed by atoms with Crippen LogP contribution in [0.5, 0.6) is 0 Å². The van der Waals surface area contributed by atoms with Crippen LogP contribution in [0, 0.1) is 0 Å². The maximum absolute atomic E-state index is 12.6. The Hall–Kier alpha value is -2.05. The lowest BCUT2D eigenvalue weighted by molar-refractivity contribution is -0.870. The van der Waals surface area contributed by atoms with Crippen LogP contribution in [0.2, 0.25) is 0 Å². The highest BCUT2D eigenvalue weighted by molar-refractivity contribution is 7.47. The third-order valence-electron chi connectivity index (χ3n) is 8.21. The van der Waals surface area contributed by atoms with Crippen LogP contribution in [-0.4, -0.2) is 100 Å². The number of nitrogens with zero attached hydrogens (tertiary/aromatic N) is 1. The second kappa shape index (κ2) is 32.4. The quantitative estimate of drug-likeness (QED) is 0.0216. The molecule has 52 heavy (non-hydrogen) atoms. The Balaban J connectivity index is 4.51. The lowest BCUT2D eigenvalue weighted by Gasteiger charge is -2.24. The number of quaternary nitrogens is 1. The summed E-state index contributed by atoms with van der Waals surface area (Å²) in [6.45, 7) is 4.86. The van der Waals surface area contributed by atoms with Crippen LogP contribution in [0.3, 0.4) is 0 Å². The van der Waals surface area contributed by atoms with Crippen molar-refractivity contribution >= 4 is 31.7 Å². The molecule has 0 aliphatic rings. The number of carbonyl (C=O) groups excluding carboxylic acids is 4. The van der Waals surface area contributed by atoms with E-state index in [9.17, 15) is 28.6 Å². The average Bonchev–Trinajstić information content (AvgIpc) is 3.07. The molecule has 306 valence electrons. The van der Waals surface area contributed by atoms with E-state index in [1.807, 2.05) is 21.1 Å². The van der Waals surface area contributed by atoms with Crippen molar-refractivity contribution in [3.63, 3.8) is 0 Å². The number of likely N-dealkylation sites (N-methyl/N-ethyl adjacent to an activating group) is 1. The molecule has 0 radical (unpaired) electrons. The molecule has 0 saturated carbocycles. The first-order valence-electron chi connectivity index (χ1n) is 19.9. The number of esters is 4. The minimum Gasteiger partial charge on any atom is -0.466 e. The van der Waals surface area contributed by atoms with Crippen molar-refractivity contribution in [1.82, 2.24) is 0 Å². The average molecular weight is 767 g/mol. The summed E-state index contributed by atoms with van der Waals surface area (Å²) in [6.07, 6.45) is 16.2. The highest BCUT2D eigenvalue weighted by atomic mass is 31.2. The summed E-state index contributed by atoms with van der Waals surface area (Å²) in [5.41, 5.74) is 0. The fourth-order valence-electron chi connectivity index (χ4n) is 4.98. The van der Waals surface area contributed by atoms with E-state index < -0.39 is 32.5 Å². The van der Waals surface area contributed by atoms with E-state index in [1.165, 1.54) is 25.7 Å². The van der Waals surface area contributed by atoms with Crippen LogP contribution >= 0.6 is 7.82 Å². The van der Waals surface area contributed by atoms with E-state index >= 15 is 0 Å². The lowest BCUT2D eigenvalue weighted by Crippen LogP contribution is -2.37. The Labute approximate surface area is 314 Å². The molecular formula is C38H73NO12P+. The van der Waals surface area contributed by atoms with Crippen LogP contribution in [-0.2, 0) is 51.7 Å². The number of rotatable bonds is 36. The number of phosphoric acid groups is 1. The van der Waals surface area contributed by atoms with Crippen molar-refractivity contribution in [2.45, 2.75) is 161 Å². The highest BCUT2D eigenvalue weighted by Gasteiger charge is 2.27. The molecule has 2 atom stereocenters. The van der Waals surface area contributed by atoms with Crippen molar-refractivity contribution in [1.29, 1.82) is 0 Å². The highest BCUT2D eigenvalue weighted by Crippen LogP contribution is 2.43. The van der Waals surface area contributed by atoms with Gasteiger partial charge in [0.15, 0.2) is 6.10 Å². The smallest absolute Gasteiger partial charge is 0.466 e. The first-order valence-corrected chi connectivity index (χ1v) is 21.4. The number of hydrogen-bond acceptors (Lipinski definition) is 11. The Morgan fingerprint density at radius 1 is 0.519 bits per heavy atom. The summed E-state index contributed by atoms with van der Waals surface area (Å²) in [5.74, 6) is -1.44. The molecule has 0 aliphatic heterocycles. The number of phosphoric ester groups is 1. The molecule has 14 heteroatoms. The summed E-state index contributed by atoms with van der Waals surface area (Å²) in [4.78, 5) is 58.9. The zero-order valence-electron chi connectivity index (χ0n) is 33.2. The molecule has 1 N–H and O–H groups in total. The minimum absolute atomic E-state index is 0.0200. The van der Waals surface area contributed by atoms with Crippen LogP contribution in [0.25, 0.3) is 0 Å². The van der Waals surface area contributed by atoms with E-state index in [0.29, 0.717) is 69.2 Å². The third-order valence-corrected chi connectivity index (χ3v) is 9.20. The van der Waals surface area contributed by atoms with Gasteiger partial charge in [-0.15, -0.1) is 0 Å². The van der Waals surface area contributed by atoms with Crippen molar-refractivity contribution in [2.75, 3.05) is 60.7 Å². The van der Waals surface area contributed by atoms with Gasteiger partial charge in [0.1, 0.15) is 19.8 Å². The molecule has 13 nitrogen and oxygen atoms in total. The monoisotopic (exact) mass is 766 g/mol. The summed E-state index contributed by atoms with van der Waals surface area (Å²) in [5, 5.41) is 0. The van der Waals surface area contributed by atoms with Crippen LogP contribution in [0.1, 0.15) is 155 Å². The van der Waals surface area contributed by atoms with Crippen LogP contribution < -0.4 is 0 Å². The van der Waals surface area contributed by atoms with Gasteiger partial charge >= 0.3 is 31.7 Å². The molecule has 0 aromatic heterocycles. The standard InChI is InChI=1S/C38H72NO12P/c1-6-8-10-16-22-29-46-35(40)24-18-12-13-20-26-37(42)48-32-34(33-50-52(44,45)49-31-28-39(3,4)5)51-38(43)27-21-15-14-19-25-36(41)47-30-23-17-11-9-7-2/h34H,6-33H2,1-5H3/p+1. The molecule has 0 rings (SSSR count). The van der Waals surface area contributed by atoms with Gasteiger partial charge < -0.3 is 28.3 Å². The third kappa shape index (κ3) is 35.0. The lowest BCUT2D eigenvalue weighted by atomic mass is 10.1. The largest absolute Gasteiger partial charge is 0.472 e. The van der Waals surface area contributed by atoms with E-state index in [-0.39, 0.29) is 38.0 Å². The summed E-state index contributed by atoms with van der Waals surface area (Å²) < 4.78 is 44.4. The molecule has 0 aromatic rings. The van der Waals surface area contributed by atoms with Crippen molar-refractivity contribution in [3.05, 3.63) is 0 Å². The molecule has 0 saturated heterocycles. The number of carbonyl (C=O) groups is 4. The Morgan fingerprint density at radius 3 is 1.37 bits per heavy atom. The summed E-state index contributed by atoms with van der Waals surface area (Å²) in [7, 11) is 1.30. The summed E-state index contributed by atoms with van der Waals surface area (Å²) >= 11 is 0. The molecule has 0 amide bonds. The molecular weight excluding hydrogens is 693 g/mol. The maximum atomic E-state index is 12.6. The first-order chi connectivity index (χ1) is 24.8. The molecule has 0 fully saturated rings. The molecule has 0 aromatic carbocycles. The fourth-order valence-corrected chi connectivity index (χ4v) is 5.72. The molecule has 0 spiro atoms. The van der Waals surface area contributed by atoms with Gasteiger partial charge in [0, 0.05) is 25.7 Å². The molecule has 0 bridgehead atoms. The maximum Gasteiger partial charge on any atom is 0.472 e. The molecule has 2 unspecified atom stereocenters. The van der Waals surface area contributed by atoms with Crippen molar-refractivity contribution in [3.8, 4) is 0 Å². The predicted octanol–water partition coefficient (Wildman–Crippen LogP) is 7.99. The first kappa shape index (κ1) is 49.9. The number of ether oxygens (including phenoxy) is 4. The van der Waals surface area contributed by atoms with Crippen molar-refractivity contribution in [2.24, 2.45) is 0 Å². The molecule has 0 aliphatic carbocycles. The van der Waals surface area contributed by atoms with E-state index in [1.54, 1.807) is 0 Å². The van der Waals surface area contributed by atoms with E-state index in [4.69, 9.17) is 28.0 Å². The zero-order valence-corrected chi connectivity index (χ0v) is 34.1. The molecule has 0 heterocycles. The van der Waals surface area contributed by atoms with Gasteiger partial charge in [-0.2, -0.15) is 0 Å². The van der Waals surface area contributed by atoms with Crippen LogP contribution in [0.15, 0.2) is 0 Å². The fraction of sp³-hybridized carbons (Fsp3) is 0.895. The van der Waals surface area contributed by atoms with Gasteiger partial charge in [-0.25, -0.2) is 4.57 Å². The predicted molar refractivity (Wildman–Crippen MR) is 200 cm³/mol. The Morgan fingerprint density at radius 2 is 0.923 bits per heavy atom.